The number of fused-ring (bicyclic) bond motifs is 1. The van der Waals surface area contributed by atoms with Crippen LogP contribution < -0.4 is 4.74 Å². The molecule has 0 aliphatic heterocycles. The smallest absolute Gasteiger partial charge is 0.119 e. The molecule has 1 nitrogen and oxygen atoms in total. The molecule has 0 N–H and O–H groups in total. The summed E-state index contributed by atoms with van der Waals surface area (Å²) in [6, 6.07) is 4.19. The van der Waals surface area contributed by atoms with Gasteiger partial charge in [0.15, 0.2) is 0 Å². The largest absolute Gasteiger partial charge is 0.497 e. The van der Waals surface area contributed by atoms with Crippen molar-refractivity contribution in [3.8, 4) is 5.75 Å². The van der Waals surface area contributed by atoms with Gasteiger partial charge in [-0.3, -0.25) is 0 Å². The first-order valence-corrected chi connectivity index (χ1v) is 6.37. The van der Waals surface area contributed by atoms with Crippen LogP contribution in [0.3, 0.4) is 0 Å². The fourth-order valence-electron chi connectivity index (χ4n) is 1.52. The number of halogens is 1. The molecule has 1 heterocycles. The van der Waals surface area contributed by atoms with Crippen molar-refractivity contribution in [3.63, 3.8) is 0 Å². The van der Waals surface area contributed by atoms with Crippen molar-refractivity contribution in [2.45, 2.75) is 12.3 Å². The lowest BCUT2D eigenvalue weighted by molar-refractivity contribution is 0.415. The summed E-state index contributed by atoms with van der Waals surface area (Å²) >= 11 is 5.30. The molecular weight excluding hydrogens is 260 g/mol. The molecule has 3 heteroatoms. The first-order valence-electron chi connectivity index (χ1n) is 4.37. The summed E-state index contributed by atoms with van der Waals surface area (Å²) in [6.45, 7) is 2.14. The van der Waals surface area contributed by atoms with Gasteiger partial charge >= 0.3 is 0 Å². The van der Waals surface area contributed by atoms with E-state index in [0.717, 1.165) is 11.1 Å². The summed E-state index contributed by atoms with van der Waals surface area (Å²) in [6.07, 6.45) is 0. The van der Waals surface area contributed by atoms with Crippen molar-refractivity contribution in [1.82, 2.24) is 0 Å². The van der Waals surface area contributed by atoms with Crippen LogP contribution in [-0.2, 0) is 5.33 Å². The molecule has 0 radical (unpaired) electrons. The number of alkyl halides is 1. The molecule has 14 heavy (non-hydrogen) atoms. The molecule has 0 bridgehead atoms. The second-order valence-electron chi connectivity index (χ2n) is 3.22. The number of ether oxygens (including phenoxy) is 1. The van der Waals surface area contributed by atoms with E-state index in [1.165, 1.54) is 21.2 Å². The van der Waals surface area contributed by atoms with Gasteiger partial charge in [-0.25, -0.2) is 0 Å². The third kappa shape index (κ3) is 1.55. The van der Waals surface area contributed by atoms with Crippen LogP contribution in [0.25, 0.3) is 10.1 Å². The van der Waals surface area contributed by atoms with Gasteiger partial charge in [-0.2, -0.15) is 0 Å². The highest BCUT2D eigenvalue weighted by Crippen LogP contribution is 2.33. The maximum atomic E-state index is 5.27. The first-order chi connectivity index (χ1) is 6.76. The molecule has 0 aliphatic carbocycles. The molecule has 0 spiro atoms. The molecule has 0 atom stereocenters. The van der Waals surface area contributed by atoms with Gasteiger partial charge in [0, 0.05) is 10.0 Å². The van der Waals surface area contributed by atoms with E-state index in [1.807, 2.05) is 0 Å². The Morgan fingerprint density at radius 1 is 1.43 bits per heavy atom. The lowest BCUT2D eigenvalue weighted by atomic mass is 10.1. The second-order valence-corrected chi connectivity index (χ2v) is 4.66. The quantitative estimate of drug-likeness (QED) is 0.747. The molecule has 2 rings (SSSR count). The molecule has 0 saturated heterocycles. The van der Waals surface area contributed by atoms with Crippen LogP contribution in [0.2, 0.25) is 0 Å². The van der Waals surface area contributed by atoms with Gasteiger partial charge in [0.2, 0.25) is 0 Å². The third-order valence-corrected chi connectivity index (χ3v) is 4.09. The maximum absolute atomic E-state index is 5.27. The van der Waals surface area contributed by atoms with Gasteiger partial charge in [-0.15, -0.1) is 11.3 Å². The van der Waals surface area contributed by atoms with Gasteiger partial charge in [0.25, 0.3) is 0 Å². The Labute approximate surface area is 95.8 Å². The number of aryl methyl sites for hydroxylation is 1. The average Bonchev–Trinajstić information content (AvgIpc) is 2.59. The minimum atomic E-state index is 0.876. The number of hydrogen-bond donors (Lipinski definition) is 0. The SMILES string of the molecule is COc1cc(CBr)c2scc(C)c2c1. The van der Waals surface area contributed by atoms with E-state index in [1.54, 1.807) is 18.4 Å². The molecule has 2 aromatic rings. The van der Waals surface area contributed by atoms with Gasteiger partial charge in [-0.1, -0.05) is 15.9 Å². The zero-order valence-corrected chi connectivity index (χ0v) is 10.5. The minimum Gasteiger partial charge on any atom is -0.497 e. The Morgan fingerprint density at radius 2 is 2.21 bits per heavy atom. The third-order valence-electron chi connectivity index (χ3n) is 2.30. The van der Waals surface area contributed by atoms with E-state index in [9.17, 15) is 0 Å². The Kier molecular flexibility index (Phi) is 2.79. The number of hydrogen-bond acceptors (Lipinski definition) is 2. The van der Waals surface area contributed by atoms with Crippen molar-refractivity contribution in [2.24, 2.45) is 0 Å². The summed E-state index contributed by atoms with van der Waals surface area (Å²) in [5.41, 5.74) is 2.63. The van der Waals surface area contributed by atoms with Crippen LogP contribution >= 0.6 is 27.3 Å². The van der Waals surface area contributed by atoms with E-state index in [0.29, 0.717) is 0 Å². The second kappa shape index (κ2) is 3.91. The molecule has 0 unspecified atom stereocenters. The Hall–Kier alpha value is -0.540. The van der Waals surface area contributed by atoms with Crippen molar-refractivity contribution < 1.29 is 4.74 Å². The lowest BCUT2D eigenvalue weighted by Gasteiger charge is -2.04. The topological polar surface area (TPSA) is 9.23 Å². The van der Waals surface area contributed by atoms with E-state index < -0.39 is 0 Å². The van der Waals surface area contributed by atoms with Crippen molar-refractivity contribution in [2.75, 3.05) is 7.11 Å². The number of rotatable bonds is 2. The molecule has 1 aromatic heterocycles. The van der Waals surface area contributed by atoms with E-state index in [4.69, 9.17) is 4.74 Å². The summed E-state index contributed by atoms with van der Waals surface area (Å²) in [5.74, 6) is 0.938. The standard InChI is InChI=1S/C11H11BrOS/c1-7-6-14-11-8(5-12)3-9(13-2)4-10(7)11/h3-4,6H,5H2,1-2H3. The highest BCUT2D eigenvalue weighted by molar-refractivity contribution is 9.08. The summed E-state index contributed by atoms with van der Waals surface area (Å²) < 4.78 is 6.63. The Morgan fingerprint density at radius 3 is 2.86 bits per heavy atom. The van der Waals surface area contributed by atoms with Gasteiger partial charge in [0.05, 0.1) is 7.11 Å². The molecule has 0 aliphatic rings. The van der Waals surface area contributed by atoms with Crippen LogP contribution in [0.1, 0.15) is 11.1 Å². The zero-order valence-electron chi connectivity index (χ0n) is 8.13. The molecular formula is C11H11BrOS. The van der Waals surface area contributed by atoms with Crippen LogP contribution in [0, 0.1) is 6.92 Å². The molecule has 0 amide bonds. The molecule has 0 saturated carbocycles. The molecule has 0 fully saturated rings. The van der Waals surface area contributed by atoms with Gasteiger partial charge in [0.1, 0.15) is 5.75 Å². The summed E-state index contributed by atoms with van der Waals surface area (Å²) in [7, 11) is 1.71. The monoisotopic (exact) mass is 270 g/mol. The van der Waals surface area contributed by atoms with Gasteiger partial charge in [-0.05, 0) is 40.9 Å². The van der Waals surface area contributed by atoms with Crippen molar-refractivity contribution in [3.05, 3.63) is 28.6 Å². The molecule has 74 valence electrons. The van der Waals surface area contributed by atoms with Crippen molar-refractivity contribution >= 4 is 37.4 Å². The number of methoxy groups -OCH3 is 1. The number of benzene rings is 1. The van der Waals surface area contributed by atoms with E-state index in [-0.39, 0.29) is 0 Å². The number of thiophene rings is 1. The molecule has 1 aromatic carbocycles. The predicted molar refractivity (Wildman–Crippen MR) is 65.7 cm³/mol. The van der Waals surface area contributed by atoms with Crippen molar-refractivity contribution in [1.29, 1.82) is 0 Å². The van der Waals surface area contributed by atoms with E-state index in [2.05, 4.69) is 40.4 Å². The highest BCUT2D eigenvalue weighted by atomic mass is 79.9. The van der Waals surface area contributed by atoms with Crippen LogP contribution in [-0.4, -0.2) is 7.11 Å². The first kappa shape index (κ1) is 9.99. The average molecular weight is 271 g/mol. The van der Waals surface area contributed by atoms with Crippen LogP contribution in [0.4, 0.5) is 0 Å². The normalized spacial score (nSPS) is 10.8. The Bertz CT molecular complexity index is 462. The summed E-state index contributed by atoms with van der Waals surface area (Å²) in [5, 5.41) is 4.38. The predicted octanol–water partition coefficient (Wildman–Crippen LogP) is 4.11. The van der Waals surface area contributed by atoms with E-state index >= 15 is 0 Å². The zero-order chi connectivity index (χ0) is 10.1. The minimum absolute atomic E-state index is 0.876. The van der Waals surface area contributed by atoms with Crippen LogP contribution in [0.5, 0.6) is 5.75 Å². The van der Waals surface area contributed by atoms with Crippen LogP contribution in [0.15, 0.2) is 17.5 Å². The lowest BCUT2D eigenvalue weighted by Crippen LogP contribution is -1.85. The van der Waals surface area contributed by atoms with Gasteiger partial charge < -0.3 is 4.74 Å². The fraction of sp³-hybridized carbons (Fsp3) is 0.273. The maximum Gasteiger partial charge on any atom is 0.119 e. The summed E-state index contributed by atoms with van der Waals surface area (Å²) in [4.78, 5) is 0. The fourth-order valence-corrected chi connectivity index (χ4v) is 3.20. The Balaban J connectivity index is 2.76. The highest BCUT2D eigenvalue weighted by Gasteiger charge is 2.07.